The number of benzene rings is 1. The van der Waals surface area contributed by atoms with Crippen molar-refractivity contribution in [3.63, 3.8) is 0 Å². The number of amides is 1. The first kappa shape index (κ1) is 16.5. The zero-order valence-corrected chi connectivity index (χ0v) is 15.2. The number of hydrogen-bond donors (Lipinski definition) is 0. The summed E-state index contributed by atoms with van der Waals surface area (Å²) in [5.74, 6) is 0.182. The van der Waals surface area contributed by atoms with Gasteiger partial charge in [-0.25, -0.2) is 4.98 Å². The van der Waals surface area contributed by atoms with Gasteiger partial charge in [-0.2, -0.15) is 0 Å². The molecule has 2 saturated heterocycles. The number of carbonyl (C=O) groups excluding carboxylic acids is 1. The highest BCUT2D eigenvalue weighted by atomic mass is 32.1. The Bertz CT molecular complexity index is 687. The second-order valence-corrected chi connectivity index (χ2v) is 7.65. The average molecular weight is 356 g/mol. The third-order valence-electron chi connectivity index (χ3n) is 5.06. The maximum Gasteiger partial charge on any atom is 0.253 e. The van der Waals surface area contributed by atoms with Crippen molar-refractivity contribution in [2.24, 2.45) is 0 Å². The number of piperazine rings is 1. The van der Waals surface area contributed by atoms with Gasteiger partial charge >= 0.3 is 0 Å². The third kappa shape index (κ3) is 3.85. The molecule has 1 aromatic carbocycles. The molecule has 0 radical (unpaired) electrons. The van der Waals surface area contributed by atoms with E-state index in [1.807, 2.05) is 28.6 Å². The summed E-state index contributed by atoms with van der Waals surface area (Å²) in [4.78, 5) is 23.6. The summed E-state index contributed by atoms with van der Waals surface area (Å²) in [7, 11) is 0. The van der Waals surface area contributed by atoms with Gasteiger partial charge in [-0.05, 0) is 30.5 Å². The van der Waals surface area contributed by atoms with Gasteiger partial charge in [0.1, 0.15) is 0 Å². The molecular formula is C19H24N4OS. The molecule has 0 bridgehead atoms. The molecule has 2 aromatic rings. The summed E-state index contributed by atoms with van der Waals surface area (Å²) in [6.45, 7) is 6.91. The van der Waals surface area contributed by atoms with E-state index < -0.39 is 0 Å². The zero-order valence-electron chi connectivity index (χ0n) is 14.4. The van der Waals surface area contributed by atoms with Crippen LogP contribution in [0.5, 0.6) is 0 Å². The molecule has 0 unspecified atom stereocenters. The first-order valence-electron chi connectivity index (χ1n) is 9.04. The predicted octanol–water partition coefficient (Wildman–Crippen LogP) is 2.70. The Morgan fingerprint density at radius 1 is 1.00 bits per heavy atom. The lowest BCUT2D eigenvalue weighted by Gasteiger charge is -2.34. The monoisotopic (exact) mass is 356 g/mol. The summed E-state index contributed by atoms with van der Waals surface area (Å²) >= 11 is 1.71. The molecule has 0 spiro atoms. The summed E-state index contributed by atoms with van der Waals surface area (Å²) in [6.07, 6.45) is 4.14. The van der Waals surface area contributed by atoms with Crippen molar-refractivity contribution >= 4 is 22.4 Å². The molecule has 1 amide bonds. The molecule has 5 nitrogen and oxygen atoms in total. The van der Waals surface area contributed by atoms with Crippen LogP contribution in [0, 0.1) is 0 Å². The van der Waals surface area contributed by atoms with Crippen LogP contribution < -0.4 is 4.90 Å². The van der Waals surface area contributed by atoms with Crippen molar-refractivity contribution in [1.82, 2.24) is 14.8 Å². The van der Waals surface area contributed by atoms with Crippen molar-refractivity contribution in [3.8, 4) is 0 Å². The molecule has 25 heavy (non-hydrogen) atoms. The molecule has 0 atom stereocenters. The summed E-state index contributed by atoms with van der Waals surface area (Å²) in [6, 6.07) is 8.19. The molecule has 0 saturated carbocycles. The highest BCUT2D eigenvalue weighted by molar-refractivity contribution is 7.13. The van der Waals surface area contributed by atoms with E-state index in [1.54, 1.807) is 11.3 Å². The van der Waals surface area contributed by atoms with Crippen molar-refractivity contribution in [3.05, 3.63) is 47.0 Å². The number of anilines is 1. The summed E-state index contributed by atoms with van der Waals surface area (Å²) in [5.41, 5.74) is 2.10. The maximum absolute atomic E-state index is 12.4. The molecule has 6 heteroatoms. The van der Waals surface area contributed by atoms with Gasteiger partial charge < -0.3 is 9.80 Å². The van der Waals surface area contributed by atoms with E-state index in [-0.39, 0.29) is 5.91 Å². The van der Waals surface area contributed by atoms with E-state index in [0.717, 1.165) is 69.3 Å². The number of carbonyl (C=O) groups is 1. The number of rotatable bonds is 4. The Kier molecular flexibility index (Phi) is 4.99. The van der Waals surface area contributed by atoms with Crippen LogP contribution in [-0.4, -0.2) is 60.0 Å². The Morgan fingerprint density at radius 3 is 2.36 bits per heavy atom. The van der Waals surface area contributed by atoms with Crippen LogP contribution in [-0.2, 0) is 6.54 Å². The van der Waals surface area contributed by atoms with Gasteiger partial charge in [-0.15, -0.1) is 11.3 Å². The third-order valence-corrected chi connectivity index (χ3v) is 5.89. The van der Waals surface area contributed by atoms with Crippen LogP contribution >= 0.6 is 11.3 Å². The number of nitrogens with zero attached hydrogens (tertiary/aromatic N) is 4. The first-order chi connectivity index (χ1) is 12.3. The number of likely N-dealkylation sites (tertiary alicyclic amines) is 1. The van der Waals surface area contributed by atoms with Crippen LogP contribution in [0.3, 0.4) is 0 Å². The van der Waals surface area contributed by atoms with E-state index in [1.165, 1.54) is 5.56 Å². The zero-order chi connectivity index (χ0) is 17.1. The van der Waals surface area contributed by atoms with Gasteiger partial charge in [-0.1, -0.05) is 12.1 Å². The molecule has 2 aliphatic heterocycles. The van der Waals surface area contributed by atoms with E-state index in [9.17, 15) is 4.79 Å². The topological polar surface area (TPSA) is 39.7 Å². The van der Waals surface area contributed by atoms with Crippen molar-refractivity contribution in [2.75, 3.05) is 44.2 Å². The lowest BCUT2D eigenvalue weighted by atomic mass is 10.1. The molecule has 2 fully saturated rings. The molecule has 2 aliphatic rings. The minimum absolute atomic E-state index is 0.182. The van der Waals surface area contributed by atoms with E-state index >= 15 is 0 Å². The fourth-order valence-corrected chi connectivity index (χ4v) is 4.28. The quantitative estimate of drug-likeness (QED) is 0.844. The number of thiazole rings is 1. The van der Waals surface area contributed by atoms with Gasteiger partial charge in [0, 0.05) is 63.0 Å². The molecule has 4 rings (SSSR count). The molecule has 0 N–H and O–H groups in total. The van der Waals surface area contributed by atoms with Gasteiger partial charge in [0.25, 0.3) is 5.91 Å². The van der Waals surface area contributed by atoms with Gasteiger partial charge in [0.15, 0.2) is 5.13 Å². The highest BCUT2D eigenvalue weighted by Gasteiger charge is 2.20. The summed E-state index contributed by atoms with van der Waals surface area (Å²) < 4.78 is 0. The normalized spacial score (nSPS) is 18.7. The maximum atomic E-state index is 12.4. The smallest absolute Gasteiger partial charge is 0.253 e. The lowest BCUT2D eigenvalue weighted by molar-refractivity contribution is 0.0793. The average Bonchev–Trinajstić information content (AvgIpc) is 3.36. The number of hydrogen-bond acceptors (Lipinski definition) is 5. The first-order valence-corrected chi connectivity index (χ1v) is 9.92. The molecular weight excluding hydrogens is 332 g/mol. The van der Waals surface area contributed by atoms with Gasteiger partial charge in [0.2, 0.25) is 0 Å². The Hall–Kier alpha value is -1.92. The Balaban J connectivity index is 1.30. The van der Waals surface area contributed by atoms with Crippen LogP contribution in [0.15, 0.2) is 35.8 Å². The van der Waals surface area contributed by atoms with Crippen molar-refractivity contribution in [2.45, 2.75) is 19.4 Å². The SMILES string of the molecule is O=C(c1ccc(CN2CCN(c3nccs3)CC2)cc1)N1CCCC1. The van der Waals surface area contributed by atoms with E-state index in [0.29, 0.717) is 0 Å². The fraction of sp³-hybridized carbons (Fsp3) is 0.474. The number of aromatic nitrogens is 1. The van der Waals surface area contributed by atoms with Crippen molar-refractivity contribution < 1.29 is 4.79 Å². The Labute approximate surface area is 152 Å². The molecule has 1 aromatic heterocycles. The van der Waals surface area contributed by atoms with Crippen LogP contribution in [0.2, 0.25) is 0 Å². The standard InChI is InChI=1S/C19H24N4OS/c24-18(22-8-1-2-9-22)17-5-3-16(4-6-17)15-21-10-12-23(13-11-21)19-20-7-14-25-19/h3-7,14H,1-2,8-13,15H2. The minimum atomic E-state index is 0.182. The lowest BCUT2D eigenvalue weighted by Crippen LogP contribution is -2.45. The van der Waals surface area contributed by atoms with Crippen LogP contribution in [0.4, 0.5) is 5.13 Å². The van der Waals surface area contributed by atoms with E-state index in [4.69, 9.17) is 0 Å². The Morgan fingerprint density at radius 2 is 1.72 bits per heavy atom. The van der Waals surface area contributed by atoms with Crippen molar-refractivity contribution in [1.29, 1.82) is 0 Å². The largest absolute Gasteiger partial charge is 0.346 e. The predicted molar refractivity (Wildman–Crippen MR) is 101 cm³/mol. The second kappa shape index (κ2) is 7.54. The summed E-state index contributed by atoms with van der Waals surface area (Å²) in [5, 5.41) is 3.16. The second-order valence-electron chi connectivity index (χ2n) is 6.77. The van der Waals surface area contributed by atoms with Crippen LogP contribution in [0.25, 0.3) is 0 Å². The molecule has 3 heterocycles. The van der Waals surface area contributed by atoms with Crippen LogP contribution in [0.1, 0.15) is 28.8 Å². The van der Waals surface area contributed by atoms with E-state index in [2.05, 4.69) is 26.9 Å². The molecule has 132 valence electrons. The van der Waals surface area contributed by atoms with Gasteiger partial charge in [-0.3, -0.25) is 9.69 Å². The minimum Gasteiger partial charge on any atom is -0.346 e. The highest BCUT2D eigenvalue weighted by Crippen LogP contribution is 2.20. The fourth-order valence-electron chi connectivity index (χ4n) is 3.58. The van der Waals surface area contributed by atoms with Gasteiger partial charge in [0.05, 0.1) is 0 Å². The molecule has 0 aliphatic carbocycles.